The smallest absolute Gasteiger partial charge is 0.323 e. The van der Waals surface area contributed by atoms with E-state index in [1.54, 1.807) is 6.92 Å². The molecule has 0 bridgehead atoms. The van der Waals surface area contributed by atoms with Crippen molar-refractivity contribution in [2.75, 3.05) is 26.8 Å². The van der Waals surface area contributed by atoms with Crippen molar-refractivity contribution in [1.29, 1.82) is 0 Å². The van der Waals surface area contributed by atoms with Gasteiger partial charge in [0.1, 0.15) is 12.4 Å². The Bertz CT molecular complexity index is 476. The van der Waals surface area contributed by atoms with Crippen LogP contribution in [0.5, 0.6) is 0 Å². The summed E-state index contributed by atoms with van der Waals surface area (Å²) < 4.78 is 18.0. The first-order valence-electron chi connectivity index (χ1n) is 5.72. The number of amides is 1. The number of ether oxygens (including phenoxy) is 1. The Morgan fingerprint density at radius 2 is 2.11 bits per heavy atom. The summed E-state index contributed by atoms with van der Waals surface area (Å²) in [6.45, 7) is 1.53. The molecule has 0 saturated carbocycles. The Kier molecular flexibility index (Phi) is 5.44. The van der Waals surface area contributed by atoms with E-state index >= 15 is 0 Å². The highest BCUT2D eigenvalue weighted by atomic mass is 19.1. The molecule has 0 saturated heterocycles. The van der Waals surface area contributed by atoms with Gasteiger partial charge < -0.3 is 14.7 Å². The highest BCUT2D eigenvalue weighted by Gasteiger charge is 2.18. The lowest BCUT2D eigenvalue weighted by Crippen LogP contribution is -2.38. The molecule has 0 spiro atoms. The van der Waals surface area contributed by atoms with Crippen LogP contribution in [0.4, 0.5) is 4.39 Å². The van der Waals surface area contributed by atoms with Gasteiger partial charge in [-0.3, -0.25) is 9.59 Å². The summed E-state index contributed by atoms with van der Waals surface area (Å²) >= 11 is 0. The van der Waals surface area contributed by atoms with Crippen molar-refractivity contribution in [3.05, 3.63) is 35.1 Å². The number of halogens is 1. The molecule has 1 aromatic rings. The fourth-order valence-electron chi connectivity index (χ4n) is 1.58. The number of hydrogen-bond donors (Lipinski definition) is 1. The molecule has 0 aliphatic rings. The molecule has 1 N–H and O–H groups in total. The molecule has 6 heteroatoms. The lowest BCUT2D eigenvalue weighted by molar-refractivity contribution is -0.137. The summed E-state index contributed by atoms with van der Waals surface area (Å²) in [7, 11) is 1.46. The van der Waals surface area contributed by atoms with Gasteiger partial charge in [-0.05, 0) is 30.7 Å². The van der Waals surface area contributed by atoms with Gasteiger partial charge in [-0.1, -0.05) is 0 Å². The molecule has 1 aromatic carbocycles. The number of aryl methyl sites for hydroxylation is 1. The molecular weight excluding hydrogens is 253 g/mol. The second-order valence-electron chi connectivity index (χ2n) is 4.08. The van der Waals surface area contributed by atoms with E-state index in [0.29, 0.717) is 5.56 Å². The van der Waals surface area contributed by atoms with Crippen LogP contribution in [0.2, 0.25) is 0 Å². The van der Waals surface area contributed by atoms with Crippen LogP contribution in [-0.4, -0.2) is 48.7 Å². The van der Waals surface area contributed by atoms with Gasteiger partial charge in [0.2, 0.25) is 0 Å². The quantitative estimate of drug-likeness (QED) is 0.845. The zero-order valence-corrected chi connectivity index (χ0v) is 10.9. The van der Waals surface area contributed by atoms with E-state index in [4.69, 9.17) is 9.84 Å². The zero-order valence-electron chi connectivity index (χ0n) is 10.9. The Hall–Kier alpha value is -1.95. The van der Waals surface area contributed by atoms with E-state index in [2.05, 4.69) is 0 Å². The van der Waals surface area contributed by atoms with Gasteiger partial charge >= 0.3 is 5.97 Å². The Balaban J connectivity index is 2.90. The Labute approximate surface area is 110 Å². The molecule has 0 aliphatic carbocycles. The molecule has 0 heterocycles. The lowest BCUT2D eigenvalue weighted by Gasteiger charge is -2.20. The molecule has 0 unspecified atom stereocenters. The minimum atomic E-state index is -1.11. The van der Waals surface area contributed by atoms with Crippen molar-refractivity contribution in [2.45, 2.75) is 6.92 Å². The average molecular weight is 269 g/mol. The Morgan fingerprint density at radius 1 is 1.42 bits per heavy atom. The van der Waals surface area contributed by atoms with Crippen LogP contribution in [0.1, 0.15) is 15.9 Å². The maximum absolute atomic E-state index is 13.1. The third-order valence-corrected chi connectivity index (χ3v) is 2.58. The van der Waals surface area contributed by atoms with Crippen LogP contribution in [0.25, 0.3) is 0 Å². The van der Waals surface area contributed by atoms with Crippen LogP contribution in [-0.2, 0) is 9.53 Å². The molecule has 0 aliphatic heterocycles. The van der Waals surface area contributed by atoms with Gasteiger partial charge in [-0.15, -0.1) is 0 Å². The topological polar surface area (TPSA) is 66.8 Å². The monoisotopic (exact) mass is 269 g/mol. The van der Waals surface area contributed by atoms with Crippen molar-refractivity contribution >= 4 is 11.9 Å². The second-order valence-corrected chi connectivity index (χ2v) is 4.08. The lowest BCUT2D eigenvalue weighted by atomic mass is 10.1. The third-order valence-electron chi connectivity index (χ3n) is 2.58. The molecule has 104 valence electrons. The van der Waals surface area contributed by atoms with Gasteiger partial charge in [-0.25, -0.2) is 4.39 Å². The van der Waals surface area contributed by atoms with Gasteiger partial charge in [-0.2, -0.15) is 0 Å². The molecule has 1 amide bonds. The number of carboxylic acids is 1. The number of aliphatic carboxylic acids is 1. The summed E-state index contributed by atoms with van der Waals surface area (Å²) in [6, 6.07) is 3.93. The fraction of sp³-hybridized carbons (Fsp3) is 0.385. The fourth-order valence-corrected chi connectivity index (χ4v) is 1.58. The maximum Gasteiger partial charge on any atom is 0.323 e. The molecule has 5 nitrogen and oxygen atoms in total. The Morgan fingerprint density at radius 3 is 2.63 bits per heavy atom. The summed E-state index contributed by atoms with van der Waals surface area (Å²) in [5, 5.41) is 8.78. The average Bonchev–Trinajstić information content (AvgIpc) is 2.36. The van der Waals surface area contributed by atoms with Crippen molar-refractivity contribution in [1.82, 2.24) is 4.90 Å². The number of benzene rings is 1. The number of hydrogen-bond acceptors (Lipinski definition) is 3. The summed E-state index contributed by atoms with van der Waals surface area (Å²) in [6.07, 6.45) is 0. The zero-order chi connectivity index (χ0) is 14.4. The number of carboxylic acid groups (broad SMARTS) is 1. The second kappa shape index (κ2) is 6.84. The van der Waals surface area contributed by atoms with Crippen LogP contribution < -0.4 is 0 Å². The van der Waals surface area contributed by atoms with Gasteiger partial charge in [0.25, 0.3) is 5.91 Å². The standard InChI is InChI=1S/C13H16FNO4/c1-9-7-10(3-4-11(9)14)13(18)15(5-6-19-2)8-12(16)17/h3-4,7H,5-6,8H2,1-2H3,(H,16,17). The predicted molar refractivity (Wildman–Crippen MR) is 66.6 cm³/mol. The number of carbonyl (C=O) groups is 2. The first kappa shape index (κ1) is 15.1. The number of methoxy groups -OCH3 is 1. The maximum atomic E-state index is 13.1. The van der Waals surface area contributed by atoms with Crippen molar-refractivity contribution in [2.24, 2.45) is 0 Å². The van der Waals surface area contributed by atoms with Crippen molar-refractivity contribution in [3.63, 3.8) is 0 Å². The van der Waals surface area contributed by atoms with E-state index in [9.17, 15) is 14.0 Å². The highest BCUT2D eigenvalue weighted by Crippen LogP contribution is 2.11. The van der Waals surface area contributed by atoms with E-state index < -0.39 is 24.2 Å². The minimum Gasteiger partial charge on any atom is -0.480 e. The van der Waals surface area contributed by atoms with Gasteiger partial charge in [0.15, 0.2) is 0 Å². The largest absolute Gasteiger partial charge is 0.480 e. The van der Waals surface area contributed by atoms with Crippen LogP contribution >= 0.6 is 0 Å². The summed E-state index contributed by atoms with van der Waals surface area (Å²) in [5.41, 5.74) is 0.601. The number of nitrogens with zero attached hydrogens (tertiary/aromatic N) is 1. The van der Waals surface area contributed by atoms with Crippen LogP contribution in [0.15, 0.2) is 18.2 Å². The molecule has 0 fully saturated rings. The number of rotatable bonds is 6. The van der Waals surface area contributed by atoms with Crippen LogP contribution in [0, 0.1) is 12.7 Å². The van der Waals surface area contributed by atoms with E-state index in [0.717, 1.165) is 4.90 Å². The first-order chi connectivity index (χ1) is 8.95. The minimum absolute atomic E-state index is 0.165. The SMILES string of the molecule is COCCN(CC(=O)O)C(=O)c1ccc(F)c(C)c1. The highest BCUT2D eigenvalue weighted by molar-refractivity contribution is 5.96. The van der Waals surface area contributed by atoms with E-state index in [1.165, 1.54) is 25.3 Å². The first-order valence-corrected chi connectivity index (χ1v) is 5.72. The van der Waals surface area contributed by atoms with Gasteiger partial charge in [0, 0.05) is 19.2 Å². The molecule has 0 atom stereocenters. The molecule has 0 aromatic heterocycles. The predicted octanol–water partition coefficient (Wildman–Crippen LogP) is 1.31. The number of carbonyl (C=O) groups excluding carboxylic acids is 1. The third kappa shape index (κ3) is 4.33. The molecule has 1 rings (SSSR count). The van der Waals surface area contributed by atoms with Crippen LogP contribution in [0.3, 0.4) is 0 Å². The van der Waals surface area contributed by atoms with E-state index in [-0.39, 0.29) is 18.7 Å². The van der Waals surface area contributed by atoms with Crippen molar-refractivity contribution in [3.8, 4) is 0 Å². The van der Waals surface area contributed by atoms with E-state index in [1.807, 2.05) is 0 Å². The molecular formula is C13H16FNO4. The normalized spacial score (nSPS) is 10.3. The molecule has 0 radical (unpaired) electrons. The molecule has 19 heavy (non-hydrogen) atoms. The summed E-state index contributed by atoms with van der Waals surface area (Å²) in [4.78, 5) is 24.0. The summed E-state index contributed by atoms with van der Waals surface area (Å²) in [5.74, 6) is -1.97. The van der Waals surface area contributed by atoms with Crippen molar-refractivity contribution < 1.29 is 23.8 Å². The van der Waals surface area contributed by atoms with Gasteiger partial charge in [0.05, 0.1) is 6.61 Å².